The summed E-state index contributed by atoms with van der Waals surface area (Å²) in [5.41, 5.74) is 2.13. The molecule has 112 valence electrons. The van der Waals surface area contributed by atoms with Crippen LogP contribution in [0.5, 0.6) is 0 Å². The van der Waals surface area contributed by atoms with Gasteiger partial charge in [0.05, 0.1) is 10.6 Å². The van der Waals surface area contributed by atoms with Gasteiger partial charge in [-0.2, -0.15) is 5.10 Å². The smallest absolute Gasteiger partial charge is 0.278 e. The van der Waals surface area contributed by atoms with Crippen LogP contribution in [0.3, 0.4) is 0 Å². The molecule has 7 nitrogen and oxygen atoms in total. The molecular formula is C14H19N5O2. The third kappa shape index (κ3) is 3.85. The van der Waals surface area contributed by atoms with E-state index in [1.165, 1.54) is 0 Å². The summed E-state index contributed by atoms with van der Waals surface area (Å²) < 4.78 is 1.88. The molecule has 0 atom stereocenters. The molecule has 0 aliphatic carbocycles. The molecule has 0 aliphatic rings. The second-order valence-corrected chi connectivity index (χ2v) is 4.92. The Morgan fingerprint density at radius 3 is 2.90 bits per heavy atom. The molecule has 2 aromatic rings. The van der Waals surface area contributed by atoms with Gasteiger partial charge in [-0.3, -0.25) is 19.8 Å². The molecule has 0 fully saturated rings. The van der Waals surface area contributed by atoms with Crippen LogP contribution in [0.25, 0.3) is 0 Å². The number of aryl methyl sites for hydroxylation is 2. The van der Waals surface area contributed by atoms with Crippen molar-refractivity contribution in [2.45, 2.75) is 33.4 Å². The first-order valence-electron chi connectivity index (χ1n) is 6.87. The Balaban J connectivity index is 1.86. The highest BCUT2D eigenvalue weighted by Gasteiger charge is 2.18. The lowest BCUT2D eigenvalue weighted by Gasteiger charge is -2.09. The van der Waals surface area contributed by atoms with Crippen molar-refractivity contribution in [3.63, 3.8) is 0 Å². The van der Waals surface area contributed by atoms with Gasteiger partial charge in [0.2, 0.25) is 0 Å². The summed E-state index contributed by atoms with van der Waals surface area (Å²) in [6, 6.07) is 1.89. The predicted molar refractivity (Wildman–Crippen MR) is 78.9 cm³/mol. The standard InChI is InChI=1S/C14H19N5O2/c1-11-9-16-13(12(2)14(11)19(20)21)10-15-5-3-7-18-8-4-6-17-18/h4,6,8-9,15H,3,5,7,10H2,1-2H3. The topological polar surface area (TPSA) is 85.9 Å². The predicted octanol–water partition coefficient (Wildman–Crippen LogP) is 1.98. The molecule has 0 aliphatic heterocycles. The Bertz CT molecular complexity index is 610. The van der Waals surface area contributed by atoms with E-state index in [1.807, 2.05) is 16.9 Å². The molecule has 0 bridgehead atoms. The van der Waals surface area contributed by atoms with Gasteiger partial charge in [0, 0.05) is 42.8 Å². The van der Waals surface area contributed by atoms with Gasteiger partial charge in [0.15, 0.2) is 0 Å². The molecule has 0 unspecified atom stereocenters. The largest absolute Gasteiger partial charge is 0.311 e. The summed E-state index contributed by atoms with van der Waals surface area (Å²) in [5, 5.41) is 18.4. The molecule has 0 spiro atoms. The van der Waals surface area contributed by atoms with Crippen molar-refractivity contribution in [1.82, 2.24) is 20.1 Å². The highest BCUT2D eigenvalue weighted by atomic mass is 16.6. The fourth-order valence-corrected chi connectivity index (χ4v) is 2.23. The Morgan fingerprint density at radius 2 is 2.24 bits per heavy atom. The van der Waals surface area contributed by atoms with Crippen molar-refractivity contribution in [3.8, 4) is 0 Å². The van der Waals surface area contributed by atoms with E-state index in [2.05, 4.69) is 15.4 Å². The van der Waals surface area contributed by atoms with Crippen molar-refractivity contribution >= 4 is 5.69 Å². The van der Waals surface area contributed by atoms with Crippen LogP contribution in [-0.4, -0.2) is 26.2 Å². The number of hydrogen-bond acceptors (Lipinski definition) is 5. The quantitative estimate of drug-likeness (QED) is 0.478. The molecule has 2 aromatic heterocycles. The lowest BCUT2D eigenvalue weighted by atomic mass is 10.1. The van der Waals surface area contributed by atoms with Crippen LogP contribution in [0.1, 0.15) is 23.2 Å². The van der Waals surface area contributed by atoms with Gasteiger partial charge in [-0.1, -0.05) is 0 Å². The fourth-order valence-electron chi connectivity index (χ4n) is 2.23. The molecule has 21 heavy (non-hydrogen) atoms. The number of nitrogens with zero attached hydrogens (tertiary/aromatic N) is 4. The molecule has 7 heteroatoms. The molecule has 0 saturated carbocycles. The maximum atomic E-state index is 11.1. The third-order valence-corrected chi connectivity index (χ3v) is 3.35. The lowest BCUT2D eigenvalue weighted by molar-refractivity contribution is -0.386. The van der Waals surface area contributed by atoms with Crippen LogP contribution < -0.4 is 5.32 Å². The van der Waals surface area contributed by atoms with E-state index < -0.39 is 0 Å². The van der Waals surface area contributed by atoms with E-state index in [-0.39, 0.29) is 10.6 Å². The van der Waals surface area contributed by atoms with Crippen molar-refractivity contribution in [3.05, 3.63) is 51.6 Å². The first kappa shape index (κ1) is 15.1. The van der Waals surface area contributed by atoms with Crippen LogP contribution >= 0.6 is 0 Å². The zero-order valence-corrected chi connectivity index (χ0v) is 12.2. The zero-order chi connectivity index (χ0) is 15.2. The average Bonchev–Trinajstić information content (AvgIpc) is 2.93. The highest BCUT2D eigenvalue weighted by molar-refractivity contribution is 5.47. The van der Waals surface area contributed by atoms with Gasteiger partial charge >= 0.3 is 0 Å². The van der Waals surface area contributed by atoms with Crippen molar-refractivity contribution < 1.29 is 4.92 Å². The Morgan fingerprint density at radius 1 is 1.43 bits per heavy atom. The summed E-state index contributed by atoms with van der Waals surface area (Å²) in [5.74, 6) is 0. The SMILES string of the molecule is Cc1cnc(CNCCCn2cccn2)c(C)c1[N+](=O)[O-]. The molecule has 0 radical (unpaired) electrons. The lowest BCUT2D eigenvalue weighted by Crippen LogP contribution is -2.18. The summed E-state index contributed by atoms with van der Waals surface area (Å²) in [6.07, 6.45) is 6.18. The average molecular weight is 289 g/mol. The maximum Gasteiger partial charge on any atom is 0.278 e. The maximum absolute atomic E-state index is 11.1. The Kier molecular flexibility index (Phi) is 4.99. The van der Waals surface area contributed by atoms with E-state index in [9.17, 15) is 10.1 Å². The van der Waals surface area contributed by atoms with Crippen LogP contribution in [0.4, 0.5) is 5.69 Å². The highest BCUT2D eigenvalue weighted by Crippen LogP contribution is 2.23. The Labute approximate surface area is 123 Å². The minimum atomic E-state index is -0.340. The van der Waals surface area contributed by atoms with E-state index in [0.717, 1.165) is 25.2 Å². The van der Waals surface area contributed by atoms with E-state index in [0.29, 0.717) is 17.7 Å². The van der Waals surface area contributed by atoms with Gasteiger partial charge in [-0.15, -0.1) is 0 Å². The van der Waals surface area contributed by atoms with Gasteiger partial charge < -0.3 is 5.32 Å². The molecule has 1 N–H and O–H groups in total. The first-order chi connectivity index (χ1) is 10.1. The van der Waals surface area contributed by atoms with E-state index in [4.69, 9.17) is 0 Å². The molecule has 0 amide bonds. The third-order valence-electron chi connectivity index (χ3n) is 3.35. The summed E-state index contributed by atoms with van der Waals surface area (Å²) >= 11 is 0. The summed E-state index contributed by atoms with van der Waals surface area (Å²) in [7, 11) is 0. The van der Waals surface area contributed by atoms with Crippen molar-refractivity contribution in [2.24, 2.45) is 0 Å². The van der Waals surface area contributed by atoms with Crippen LogP contribution in [0.15, 0.2) is 24.7 Å². The van der Waals surface area contributed by atoms with Crippen LogP contribution in [0, 0.1) is 24.0 Å². The Hall–Kier alpha value is -2.28. The number of rotatable bonds is 7. The number of nitro groups is 1. The van der Waals surface area contributed by atoms with E-state index >= 15 is 0 Å². The number of aromatic nitrogens is 3. The minimum Gasteiger partial charge on any atom is -0.311 e. The van der Waals surface area contributed by atoms with E-state index in [1.54, 1.807) is 26.2 Å². The molecule has 2 rings (SSSR count). The molecular weight excluding hydrogens is 270 g/mol. The number of nitrogens with one attached hydrogen (secondary N) is 1. The van der Waals surface area contributed by atoms with Crippen molar-refractivity contribution in [1.29, 1.82) is 0 Å². The van der Waals surface area contributed by atoms with Crippen LogP contribution in [0.2, 0.25) is 0 Å². The zero-order valence-electron chi connectivity index (χ0n) is 12.2. The number of pyridine rings is 1. The molecule has 0 aromatic carbocycles. The summed E-state index contributed by atoms with van der Waals surface area (Å²) in [6.45, 7) is 5.65. The summed E-state index contributed by atoms with van der Waals surface area (Å²) in [4.78, 5) is 15.0. The van der Waals surface area contributed by atoms with Gasteiger partial charge in [0.25, 0.3) is 5.69 Å². The number of hydrogen-bond donors (Lipinski definition) is 1. The van der Waals surface area contributed by atoms with Crippen molar-refractivity contribution in [2.75, 3.05) is 6.54 Å². The monoisotopic (exact) mass is 289 g/mol. The normalized spacial score (nSPS) is 10.8. The minimum absolute atomic E-state index is 0.165. The fraction of sp³-hybridized carbons (Fsp3) is 0.429. The second-order valence-electron chi connectivity index (χ2n) is 4.92. The van der Waals surface area contributed by atoms with Gasteiger partial charge in [0.1, 0.15) is 0 Å². The van der Waals surface area contributed by atoms with Gasteiger partial charge in [-0.25, -0.2) is 0 Å². The van der Waals surface area contributed by atoms with Crippen LogP contribution in [-0.2, 0) is 13.1 Å². The van der Waals surface area contributed by atoms with Gasteiger partial charge in [-0.05, 0) is 32.9 Å². The second kappa shape index (κ2) is 6.94. The molecule has 2 heterocycles. The first-order valence-corrected chi connectivity index (χ1v) is 6.87. The molecule has 0 saturated heterocycles.